The van der Waals surface area contributed by atoms with Gasteiger partial charge in [0.05, 0.1) is 30.4 Å². The third-order valence-electron chi connectivity index (χ3n) is 3.46. The number of aromatic nitrogens is 3. The van der Waals surface area contributed by atoms with E-state index >= 15 is 0 Å². The molecular weight excluding hydrogens is 290 g/mol. The zero-order chi connectivity index (χ0) is 15.6. The Hall–Kier alpha value is -1.59. The molecule has 1 unspecified atom stereocenters. The third-order valence-corrected chi connectivity index (χ3v) is 3.66. The highest BCUT2D eigenvalue weighted by Crippen LogP contribution is 2.22. The smallest absolute Gasteiger partial charge is 0.182 e. The van der Waals surface area contributed by atoms with Crippen molar-refractivity contribution in [2.45, 2.75) is 32.7 Å². The molecule has 0 saturated carbocycles. The van der Waals surface area contributed by atoms with Crippen LogP contribution in [-0.2, 0) is 11.3 Å². The van der Waals surface area contributed by atoms with Gasteiger partial charge in [-0.15, -0.1) is 11.6 Å². The van der Waals surface area contributed by atoms with Crippen LogP contribution in [-0.4, -0.2) is 39.2 Å². The van der Waals surface area contributed by atoms with Gasteiger partial charge in [0, 0.05) is 30.3 Å². The highest BCUT2D eigenvalue weighted by atomic mass is 35.5. The molecule has 2 heterocycles. The molecule has 0 saturated heterocycles. The molecule has 0 amide bonds. The maximum atomic E-state index is 12.1. The van der Waals surface area contributed by atoms with Crippen molar-refractivity contribution in [3.63, 3.8) is 0 Å². The molecule has 0 bridgehead atoms. The summed E-state index contributed by atoms with van der Waals surface area (Å²) in [7, 11) is 1.66. The van der Waals surface area contributed by atoms with Crippen LogP contribution in [0.3, 0.4) is 0 Å². The first-order valence-electron chi connectivity index (χ1n) is 6.84. The second-order valence-corrected chi connectivity index (χ2v) is 5.71. The zero-order valence-corrected chi connectivity index (χ0v) is 13.5. The summed E-state index contributed by atoms with van der Waals surface area (Å²) in [5, 5.41) is 3.78. The Morgan fingerprint density at radius 3 is 2.81 bits per heavy atom. The van der Waals surface area contributed by atoms with Crippen LogP contribution in [0.15, 0.2) is 18.5 Å². The van der Waals surface area contributed by atoms with Crippen molar-refractivity contribution in [1.29, 1.82) is 0 Å². The number of Topliss-reactive ketones (excluding diaryl/α,β-unsaturated/α-hetero) is 1. The minimum atomic E-state index is -0.525. The van der Waals surface area contributed by atoms with Crippen molar-refractivity contribution >= 4 is 17.4 Å². The number of hydrogen-bond acceptors (Lipinski definition) is 3. The van der Waals surface area contributed by atoms with Gasteiger partial charge in [0.15, 0.2) is 5.78 Å². The topological polar surface area (TPSA) is 49.0 Å². The number of halogens is 1. The Morgan fingerprint density at radius 2 is 2.19 bits per heavy atom. The van der Waals surface area contributed by atoms with Crippen LogP contribution in [0, 0.1) is 13.8 Å². The van der Waals surface area contributed by atoms with Crippen LogP contribution in [0.1, 0.15) is 28.7 Å². The molecule has 0 fully saturated rings. The lowest BCUT2D eigenvalue weighted by Gasteiger charge is -2.07. The van der Waals surface area contributed by atoms with Crippen molar-refractivity contribution in [2.24, 2.45) is 0 Å². The number of nitrogens with zero attached hydrogens (tertiary/aromatic N) is 3. The summed E-state index contributed by atoms with van der Waals surface area (Å²) in [4.78, 5) is 12.1. The highest BCUT2D eigenvalue weighted by Gasteiger charge is 2.20. The van der Waals surface area contributed by atoms with Crippen LogP contribution in [0.5, 0.6) is 0 Å². The van der Waals surface area contributed by atoms with Crippen LogP contribution >= 0.6 is 11.6 Å². The van der Waals surface area contributed by atoms with E-state index in [1.54, 1.807) is 20.2 Å². The van der Waals surface area contributed by atoms with E-state index in [4.69, 9.17) is 16.3 Å². The van der Waals surface area contributed by atoms with E-state index in [0.717, 1.165) is 17.1 Å². The zero-order valence-electron chi connectivity index (χ0n) is 12.8. The maximum Gasteiger partial charge on any atom is 0.182 e. The van der Waals surface area contributed by atoms with Crippen molar-refractivity contribution < 1.29 is 9.53 Å². The second kappa shape index (κ2) is 6.45. The fourth-order valence-electron chi connectivity index (χ4n) is 2.40. The summed E-state index contributed by atoms with van der Waals surface area (Å²) in [5.74, 6) is -0.0530. The Balaban J connectivity index is 2.36. The summed E-state index contributed by atoms with van der Waals surface area (Å²) in [6.45, 7) is 6.89. The summed E-state index contributed by atoms with van der Waals surface area (Å²) in [6, 6.07) is 1.88. The standard InChI is InChI=1S/C15H20ClN3O2/c1-10-7-14(15(20)11(2)16)12(3)19(10)13-8-17-18(9-13)5-6-21-4/h7-9,11H,5-6H2,1-4H3. The normalized spacial score (nSPS) is 12.6. The molecule has 0 aromatic carbocycles. The van der Waals surface area contributed by atoms with E-state index in [-0.39, 0.29) is 5.78 Å². The van der Waals surface area contributed by atoms with Gasteiger partial charge in [0.1, 0.15) is 0 Å². The van der Waals surface area contributed by atoms with Crippen LogP contribution in [0.4, 0.5) is 0 Å². The summed E-state index contributed by atoms with van der Waals surface area (Å²) in [6.07, 6.45) is 3.73. The van der Waals surface area contributed by atoms with Crippen LogP contribution < -0.4 is 0 Å². The van der Waals surface area contributed by atoms with Gasteiger partial charge in [-0.05, 0) is 26.8 Å². The van der Waals surface area contributed by atoms with E-state index in [1.807, 2.05) is 35.4 Å². The Morgan fingerprint density at radius 1 is 1.48 bits per heavy atom. The van der Waals surface area contributed by atoms with Gasteiger partial charge in [-0.2, -0.15) is 5.10 Å². The minimum Gasteiger partial charge on any atom is -0.383 e. The molecule has 2 aromatic heterocycles. The molecule has 2 rings (SSSR count). The molecule has 114 valence electrons. The molecule has 0 spiro atoms. The van der Waals surface area contributed by atoms with Gasteiger partial charge < -0.3 is 9.30 Å². The van der Waals surface area contributed by atoms with Gasteiger partial charge in [-0.25, -0.2) is 0 Å². The van der Waals surface area contributed by atoms with Crippen molar-refractivity contribution in [3.8, 4) is 5.69 Å². The van der Waals surface area contributed by atoms with Gasteiger partial charge in [-0.3, -0.25) is 9.48 Å². The maximum absolute atomic E-state index is 12.1. The predicted molar refractivity (Wildman–Crippen MR) is 82.5 cm³/mol. The first-order chi connectivity index (χ1) is 9.95. The van der Waals surface area contributed by atoms with Gasteiger partial charge in [0.2, 0.25) is 0 Å². The SMILES string of the molecule is COCCn1cc(-n2c(C)cc(C(=O)C(C)Cl)c2C)cn1. The average molecular weight is 310 g/mol. The first kappa shape index (κ1) is 15.8. The van der Waals surface area contributed by atoms with Gasteiger partial charge >= 0.3 is 0 Å². The quantitative estimate of drug-likeness (QED) is 0.609. The number of rotatable bonds is 6. The molecular formula is C15H20ClN3O2. The first-order valence-corrected chi connectivity index (χ1v) is 7.28. The fraction of sp³-hybridized carbons (Fsp3) is 0.467. The molecule has 2 aromatic rings. The number of methoxy groups -OCH3 is 1. The third kappa shape index (κ3) is 3.19. The molecule has 6 heteroatoms. The number of carbonyl (C=O) groups is 1. The Labute approximate surface area is 129 Å². The number of hydrogen-bond donors (Lipinski definition) is 0. The molecule has 0 aliphatic carbocycles. The lowest BCUT2D eigenvalue weighted by molar-refractivity contribution is 0.0991. The van der Waals surface area contributed by atoms with Gasteiger partial charge in [0.25, 0.3) is 0 Å². The molecule has 5 nitrogen and oxygen atoms in total. The molecule has 0 N–H and O–H groups in total. The van der Waals surface area contributed by atoms with Crippen LogP contribution in [0.2, 0.25) is 0 Å². The lowest BCUT2D eigenvalue weighted by atomic mass is 10.1. The molecule has 0 aliphatic rings. The lowest BCUT2D eigenvalue weighted by Crippen LogP contribution is -2.11. The number of alkyl halides is 1. The van der Waals surface area contributed by atoms with E-state index in [9.17, 15) is 4.79 Å². The molecule has 21 heavy (non-hydrogen) atoms. The monoisotopic (exact) mass is 309 g/mol. The number of ketones is 1. The Bertz CT molecular complexity index is 643. The second-order valence-electron chi connectivity index (χ2n) is 5.05. The number of ether oxygens (including phenoxy) is 1. The molecule has 0 aliphatic heterocycles. The van der Waals surface area contributed by atoms with Crippen molar-refractivity contribution in [2.75, 3.05) is 13.7 Å². The number of carbonyl (C=O) groups excluding carboxylic acids is 1. The summed E-state index contributed by atoms with van der Waals surface area (Å²) >= 11 is 5.91. The minimum absolute atomic E-state index is 0.0530. The van der Waals surface area contributed by atoms with Crippen molar-refractivity contribution in [3.05, 3.63) is 35.4 Å². The highest BCUT2D eigenvalue weighted by molar-refractivity contribution is 6.33. The largest absolute Gasteiger partial charge is 0.383 e. The molecule has 1 atom stereocenters. The summed E-state index contributed by atoms with van der Waals surface area (Å²) in [5.41, 5.74) is 3.47. The summed E-state index contributed by atoms with van der Waals surface area (Å²) < 4.78 is 8.88. The van der Waals surface area contributed by atoms with Crippen LogP contribution in [0.25, 0.3) is 5.69 Å². The Kier molecular flexibility index (Phi) is 4.85. The fourth-order valence-corrected chi connectivity index (χ4v) is 2.52. The number of aryl methyl sites for hydroxylation is 1. The van der Waals surface area contributed by atoms with E-state index < -0.39 is 5.38 Å². The molecule has 0 radical (unpaired) electrons. The van der Waals surface area contributed by atoms with E-state index in [2.05, 4.69) is 5.10 Å². The average Bonchev–Trinajstić information content (AvgIpc) is 3.00. The van der Waals surface area contributed by atoms with Gasteiger partial charge in [-0.1, -0.05) is 0 Å². The van der Waals surface area contributed by atoms with Crippen molar-refractivity contribution in [1.82, 2.24) is 14.3 Å². The van der Waals surface area contributed by atoms with E-state index in [1.165, 1.54) is 0 Å². The predicted octanol–water partition coefficient (Wildman–Crippen LogP) is 2.75. The van der Waals surface area contributed by atoms with E-state index in [0.29, 0.717) is 18.7 Å².